The molecular weight excluding hydrogens is 422 g/mol. The van der Waals surface area contributed by atoms with Gasteiger partial charge in [0, 0.05) is 10.6 Å². The molecule has 1 saturated heterocycles. The number of nitrogens with one attached hydrogen (secondary N) is 1. The number of nitriles is 1. The van der Waals surface area contributed by atoms with Gasteiger partial charge in [0.1, 0.15) is 17.2 Å². The molecule has 1 aromatic carbocycles. The van der Waals surface area contributed by atoms with E-state index in [1.54, 1.807) is 40.2 Å². The maximum absolute atomic E-state index is 13.6. The maximum atomic E-state index is 13.6. The molecule has 0 bridgehead atoms. The summed E-state index contributed by atoms with van der Waals surface area (Å²) in [5.74, 6) is 0.391. The molecule has 32 heavy (non-hydrogen) atoms. The lowest BCUT2D eigenvalue weighted by Gasteiger charge is -2.18. The van der Waals surface area contributed by atoms with Gasteiger partial charge in [-0.3, -0.25) is 19.1 Å². The SMILES string of the molecule is N#Cc1ccc(NC(=O)Cn2c(CN3CCCC3)nc3sc4c(c3c2=O)CCCC4)cc1. The molecule has 2 aromatic heterocycles. The van der Waals surface area contributed by atoms with Gasteiger partial charge in [-0.2, -0.15) is 5.26 Å². The number of carbonyl (C=O) groups excluding carboxylic acids is 1. The van der Waals surface area contributed by atoms with Crippen LogP contribution in [0.4, 0.5) is 5.69 Å². The highest BCUT2D eigenvalue weighted by Gasteiger charge is 2.24. The minimum absolute atomic E-state index is 0.0738. The second-order valence-corrected chi connectivity index (χ2v) is 9.61. The Bertz CT molecular complexity index is 1260. The second kappa shape index (κ2) is 8.85. The van der Waals surface area contributed by atoms with Gasteiger partial charge in [0.15, 0.2) is 0 Å². The molecule has 0 unspecified atom stereocenters. The number of rotatable bonds is 5. The summed E-state index contributed by atoms with van der Waals surface area (Å²) in [4.78, 5) is 35.8. The number of anilines is 1. The zero-order chi connectivity index (χ0) is 22.1. The number of fused-ring (bicyclic) bond motifs is 3. The first-order chi connectivity index (χ1) is 15.6. The maximum Gasteiger partial charge on any atom is 0.263 e. The van der Waals surface area contributed by atoms with Gasteiger partial charge in [0.2, 0.25) is 5.91 Å². The number of thiophene rings is 1. The van der Waals surface area contributed by atoms with E-state index in [4.69, 9.17) is 10.2 Å². The predicted octanol–water partition coefficient (Wildman–Crippen LogP) is 3.44. The first-order valence-electron chi connectivity index (χ1n) is 11.2. The van der Waals surface area contributed by atoms with Crippen molar-refractivity contribution in [3.8, 4) is 6.07 Å². The molecule has 3 heterocycles. The normalized spacial score (nSPS) is 16.1. The summed E-state index contributed by atoms with van der Waals surface area (Å²) in [7, 11) is 0. The molecule has 0 spiro atoms. The third kappa shape index (κ3) is 4.06. The van der Waals surface area contributed by atoms with Gasteiger partial charge in [-0.15, -0.1) is 11.3 Å². The average molecular weight is 448 g/mol. The topological polar surface area (TPSA) is 91.0 Å². The quantitative estimate of drug-likeness (QED) is 0.647. The number of nitrogens with zero attached hydrogens (tertiary/aromatic N) is 4. The zero-order valence-electron chi connectivity index (χ0n) is 17.9. The van der Waals surface area contributed by atoms with Crippen LogP contribution < -0.4 is 10.9 Å². The zero-order valence-corrected chi connectivity index (χ0v) is 18.7. The Morgan fingerprint density at radius 1 is 1.12 bits per heavy atom. The third-order valence-corrected chi connectivity index (χ3v) is 7.50. The van der Waals surface area contributed by atoms with Gasteiger partial charge < -0.3 is 5.32 Å². The number of amides is 1. The van der Waals surface area contributed by atoms with Crippen molar-refractivity contribution in [1.29, 1.82) is 5.26 Å². The number of hydrogen-bond donors (Lipinski definition) is 1. The van der Waals surface area contributed by atoms with E-state index in [0.717, 1.165) is 62.0 Å². The van der Waals surface area contributed by atoms with Crippen LogP contribution in [0.5, 0.6) is 0 Å². The van der Waals surface area contributed by atoms with E-state index in [1.165, 1.54) is 4.88 Å². The molecular formula is C24H25N5O2S. The highest BCUT2D eigenvalue weighted by Crippen LogP contribution is 2.34. The van der Waals surface area contributed by atoms with Crippen LogP contribution in [0.15, 0.2) is 29.1 Å². The lowest BCUT2D eigenvalue weighted by Crippen LogP contribution is -2.33. The van der Waals surface area contributed by atoms with Crippen molar-refractivity contribution in [1.82, 2.24) is 14.5 Å². The average Bonchev–Trinajstić information content (AvgIpc) is 3.44. The largest absolute Gasteiger partial charge is 0.325 e. The van der Waals surface area contributed by atoms with E-state index in [-0.39, 0.29) is 18.0 Å². The van der Waals surface area contributed by atoms with Crippen LogP contribution in [-0.4, -0.2) is 33.4 Å². The lowest BCUT2D eigenvalue weighted by molar-refractivity contribution is -0.116. The molecule has 0 atom stereocenters. The first-order valence-corrected chi connectivity index (χ1v) is 12.0. The number of aryl methyl sites for hydroxylation is 2. The fourth-order valence-corrected chi connectivity index (χ4v) is 5.95. The van der Waals surface area contributed by atoms with Crippen LogP contribution in [-0.2, 0) is 30.7 Å². The van der Waals surface area contributed by atoms with Crippen molar-refractivity contribution in [3.63, 3.8) is 0 Å². The minimum atomic E-state index is -0.273. The summed E-state index contributed by atoms with van der Waals surface area (Å²) in [6.07, 6.45) is 6.47. The summed E-state index contributed by atoms with van der Waals surface area (Å²) < 4.78 is 1.57. The highest BCUT2D eigenvalue weighted by molar-refractivity contribution is 7.18. The Labute approximate surface area is 190 Å². The molecule has 164 valence electrons. The fourth-order valence-electron chi connectivity index (χ4n) is 4.68. The number of benzene rings is 1. The number of hydrogen-bond acceptors (Lipinski definition) is 6. The van der Waals surface area contributed by atoms with Crippen molar-refractivity contribution in [2.24, 2.45) is 0 Å². The lowest BCUT2D eigenvalue weighted by atomic mass is 9.97. The summed E-state index contributed by atoms with van der Waals surface area (Å²) >= 11 is 1.65. The Kier molecular flexibility index (Phi) is 5.77. The summed E-state index contributed by atoms with van der Waals surface area (Å²) in [6.45, 7) is 2.49. The molecule has 1 fully saturated rings. The van der Waals surface area contributed by atoms with Crippen molar-refractivity contribution >= 4 is 33.1 Å². The van der Waals surface area contributed by atoms with Gasteiger partial charge in [-0.1, -0.05) is 0 Å². The van der Waals surface area contributed by atoms with E-state index in [1.807, 2.05) is 0 Å². The van der Waals surface area contributed by atoms with Crippen molar-refractivity contribution < 1.29 is 4.79 Å². The van der Waals surface area contributed by atoms with Gasteiger partial charge in [0.05, 0.1) is 23.6 Å². The van der Waals surface area contributed by atoms with Crippen LogP contribution in [0.1, 0.15) is 47.5 Å². The summed E-state index contributed by atoms with van der Waals surface area (Å²) in [5, 5.41) is 12.5. The third-order valence-electron chi connectivity index (χ3n) is 6.32. The van der Waals surface area contributed by atoms with Crippen LogP contribution >= 0.6 is 11.3 Å². The molecule has 5 rings (SSSR count). The Morgan fingerprint density at radius 3 is 2.62 bits per heavy atom. The van der Waals surface area contributed by atoms with E-state index in [2.05, 4.69) is 16.3 Å². The Hall–Kier alpha value is -3.02. The van der Waals surface area contributed by atoms with Gasteiger partial charge >= 0.3 is 0 Å². The fraction of sp³-hybridized carbons (Fsp3) is 0.417. The standard InChI is InChI=1S/C24H25N5O2S/c25-13-16-7-9-17(10-8-16)26-21(30)15-29-20(14-28-11-3-4-12-28)27-23-22(24(29)31)18-5-1-2-6-19(18)32-23/h7-10H,1-6,11-12,14-15H2,(H,26,30). The van der Waals surface area contributed by atoms with Gasteiger partial charge in [-0.25, -0.2) is 4.98 Å². The molecule has 8 heteroatoms. The second-order valence-electron chi connectivity index (χ2n) is 8.53. The summed E-state index contributed by atoms with van der Waals surface area (Å²) in [5.41, 5.74) is 2.18. The van der Waals surface area contributed by atoms with Crippen LogP contribution in [0.3, 0.4) is 0 Å². The molecule has 1 amide bonds. The van der Waals surface area contributed by atoms with Crippen LogP contribution in [0, 0.1) is 11.3 Å². The van der Waals surface area contributed by atoms with E-state index < -0.39 is 0 Å². The molecule has 1 aliphatic heterocycles. The molecule has 0 saturated carbocycles. The Balaban J connectivity index is 1.49. The van der Waals surface area contributed by atoms with E-state index in [0.29, 0.717) is 29.0 Å². The molecule has 2 aliphatic rings. The van der Waals surface area contributed by atoms with Crippen molar-refractivity contribution in [2.75, 3.05) is 18.4 Å². The van der Waals surface area contributed by atoms with Crippen molar-refractivity contribution in [3.05, 3.63) is 56.4 Å². The Morgan fingerprint density at radius 2 is 1.88 bits per heavy atom. The predicted molar refractivity (Wildman–Crippen MR) is 125 cm³/mol. The monoisotopic (exact) mass is 447 g/mol. The summed E-state index contributed by atoms with van der Waals surface area (Å²) in [6, 6.07) is 8.77. The van der Waals surface area contributed by atoms with Crippen molar-refractivity contribution in [2.45, 2.75) is 51.6 Å². The van der Waals surface area contributed by atoms with Gasteiger partial charge in [0.25, 0.3) is 5.56 Å². The molecule has 3 aromatic rings. The molecule has 1 aliphatic carbocycles. The van der Waals surface area contributed by atoms with Crippen LogP contribution in [0.25, 0.3) is 10.2 Å². The molecule has 0 radical (unpaired) electrons. The highest BCUT2D eigenvalue weighted by atomic mass is 32.1. The smallest absolute Gasteiger partial charge is 0.263 e. The van der Waals surface area contributed by atoms with Crippen LogP contribution in [0.2, 0.25) is 0 Å². The number of likely N-dealkylation sites (tertiary alicyclic amines) is 1. The molecule has 1 N–H and O–H groups in total. The molecule has 7 nitrogen and oxygen atoms in total. The minimum Gasteiger partial charge on any atom is -0.325 e. The van der Waals surface area contributed by atoms with E-state index >= 15 is 0 Å². The van der Waals surface area contributed by atoms with Gasteiger partial charge in [-0.05, 0) is 81.4 Å². The first kappa shape index (κ1) is 20.9. The number of aromatic nitrogens is 2. The number of carbonyl (C=O) groups is 1. The van der Waals surface area contributed by atoms with E-state index in [9.17, 15) is 9.59 Å².